The van der Waals surface area contributed by atoms with Crippen LogP contribution in [0.5, 0.6) is 11.5 Å². The molecule has 0 amide bonds. The molecule has 0 aliphatic rings. The number of carbonyl (C=O) groups is 1. The Bertz CT molecular complexity index is 1080. The van der Waals surface area contributed by atoms with E-state index >= 15 is 0 Å². The lowest BCUT2D eigenvalue weighted by atomic mass is 10.2. The van der Waals surface area contributed by atoms with Gasteiger partial charge in [0.15, 0.2) is 5.75 Å². The number of carboxylic acid groups (broad SMARTS) is 1. The lowest BCUT2D eigenvalue weighted by Crippen LogP contribution is -2.14. The molecule has 3 aromatic carbocycles. The summed E-state index contributed by atoms with van der Waals surface area (Å²) in [6, 6.07) is 18.4. The van der Waals surface area contributed by atoms with Crippen LogP contribution in [0.25, 0.3) is 0 Å². The van der Waals surface area contributed by atoms with E-state index in [4.69, 9.17) is 21.4 Å². The van der Waals surface area contributed by atoms with E-state index in [2.05, 4.69) is 4.72 Å². The second-order valence-electron chi connectivity index (χ2n) is 5.49. The van der Waals surface area contributed by atoms with Crippen LogP contribution in [-0.2, 0) is 10.0 Å². The fourth-order valence-corrected chi connectivity index (χ4v) is 3.57. The molecule has 0 saturated heterocycles. The van der Waals surface area contributed by atoms with Crippen LogP contribution < -0.4 is 9.46 Å². The van der Waals surface area contributed by atoms with Crippen molar-refractivity contribution >= 4 is 33.3 Å². The molecule has 0 aliphatic carbocycles. The van der Waals surface area contributed by atoms with E-state index in [1.54, 1.807) is 36.4 Å². The number of ether oxygens (including phenoxy) is 1. The van der Waals surface area contributed by atoms with Gasteiger partial charge in [0.25, 0.3) is 10.0 Å². The molecule has 0 aliphatic heterocycles. The minimum atomic E-state index is -4.05. The minimum absolute atomic E-state index is 0.132. The quantitative estimate of drug-likeness (QED) is 0.625. The van der Waals surface area contributed by atoms with Crippen molar-refractivity contribution in [2.75, 3.05) is 4.72 Å². The SMILES string of the molecule is O=C(O)c1cccc(S(=O)(=O)Nc2cc(Cl)ccc2Oc2ccccc2)c1. The number of aromatic carboxylic acids is 1. The van der Waals surface area contributed by atoms with Crippen LogP contribution in [-0.4, -0.2) is 19.5 Å². The van der Waals surface area contributed by atoms with Crippen molar-refractivity contribution in [1.29, 1.82) is 0 Å². The van der Waals surface area contributed by atoms with Crippen molar-refractivity contribution in [2.24, 2.45) is 0 Å². The van der Waals surface area contributed by atoms with E-state index in [0.29, 0.717) is 10.8 Å². The Kier molecular flexibility index (Phi) is 5.34. The largest absolute Gasteiger partial charge is 0.478 e. The van der Waals surface area contributed by atoms with E-state index in [1.165, 1.54) is 24.3 Å². The number of nitrogens with one attached hydrogen (secondary N) is 1. The molecule has 0 saturated carbocycles. The highest BCUT2D eigenvalue weighted by molar-refractivity contribution is 7.92. The summed E-state index contributed by atoms with van der Waals surface area (Å²) in [5.41, 5.74) is -0.00295. The Morgan fingerprint density at radius 3 is 2.41 bits per heavy atom. The van der Waals surface area contributed by atoms with Crippen molar-refractivity contribution in [1.82, 2.24) is 0 Å². The molecule has 0 aromatic heterocycles. The van der Waals surface area contributed by atoms with Crippen LogP contribution in [0, 0.1) is 0 Å². The molecule has 8 heteroatoms. The van der Waals surface area contributed by atoms with Crippen LogP contribution in [0.2, 0.25) is 5.02 Å². The molecule has 0 fully saturated rings. The van der Waals surface area contributed by atoms with Gasteiger partial charge in [-0.25, -0.2) is 13.2 Å². The molecule has 3 aromatic rings. The summed E-state index contributed by atoms with van der Waals surface area (Å²) in [6.07, 6.45) is 0. The van der Waals surface area contributed by atoms with Crippen LogP contribution in [0.3, 0.4) is 0 Å². The number of sulfonamides is 1. The number of rotatable bonds is 6. The maximum atomic E-state index is 12.7. The highest BCUT2D eigenvalue weighted by atomic mass is 35.5. The highest BCUT2D eigenvalue weighted by Crippen LogP contribution is 2.33. The molecular weight excluding hydrogens is 390 g/mol. The summed E-state index contributed by atoms with van der Waals surface area (Å²) in [5.74, 6) is -0.445. The molecule has 2 N–H and O–H groups in total. The molecule has 3 rings (SSSR count). The summed E-state index contributed by atoms with van der Waals surface area (Å²) in [6.45, 7) is 0. The number of para-hydroxylation sites is 1. The van der Waals surface area contributed by atoms with Crippen LogP contribution in [0.15, 0.2) is 77.7 Å². The predicted octanol–water partition coefficient (Wildman–Crippen LogP) is 4.63. The Morgan fingerprint density at radius 2 is 1.70 bits per heavy atom. The molecule has 0 atom stereocenters. The Labute approximate surface area is 161 Å². The first-order valence-electron chi connectivity index (χ1n) is 7.74. The van der Waals surface area contributed by atoms with Gasteiger partial charge < -0.3 is 9.84 Å². The van der Waals surface area contributed by atoms with Gasteiger partial charge in [0.2, 0.25) is 0 Å². The third kappa shape index (κ3) is 4.58. The molecule has 0 heterocycles. The molecule has 0 unspecified atom stereocenters. The van der Waals surface area contributed by atoms with Gasteiger partial charge in [-0.3, -0.25) is 4.72 Å². The standard InChI is InChI=1S/C19H14ClNO5S/c20-14-9-10-18(26-15-6-2-1-3-7-15)17(12-14)21-27(24,25)16-8-4-5-13(11-16)19(22)23/h1-12,21H,(H,22,23). The first-order chi connectivity index (χ1) is 12.8. The van der Waals surface area contributed by atoms with Gasteiger partial charge in [0.05, 0.1) is 16.1 Å². The number of anilines is 1. The van der Waals surface area contributed by atoms with Crippen molar-refractivity contribution in [3.8, 4) is 11.5 Å². The van der Waals surface area contributed by atoms with Gasteiger partial charge >= 0.3 is 5.97 Å². The molecule has 0 spiro atoms. The summed E-state index contributed by atoms with van der Waals surface area (Å²) in [4.78, 5) is 10.9. The maximum Gasteiger partial charge on any atom is 0.335 e. The van der Waals surface area contributed by atoms with Gasteiger partial charge in [-0.15, -0.1) is 0 Å². The summed E-state index contributed by atoms with van der Waals surface area (Å²) >= 11 is 5.99. The van der Waals surface area contributed by atoms with E-state index in [9.17, 15) is 13.2 Å². The van der Waals surface area contributed by atoms with Crippen LogP contribution >= 0.6 is 11.6 Å². The third-order valence-electron chi connectivity index (χ3n) is 3.55. The van der Waals surface area contributed by atoms with Crippen molar-refractivity contribution in [3.05, 3.63) is 83.4 Å². The van der Waals surface area contributed by atoms with Crippen molar-refractivity contribution < 1.29 is 23.1 Å². The number of carboxylic acids is 1. The second-order valence-corrected chi connectivity index (χ2v) is 7.61. The van der Waals surface area contributed by atoms with Gasteiger partial charge in [0.1, 0.15) is 5.75 Å². The second kappa shape index (κ2) is 7.69. The zero-order chi connectivity index (χ0) is 19.4. The first kappa shape index (κ1) is 18.8. The van der Waals surface area contributed by atoms with E-state index in [1.807, 2.05) is 6.07 Å². The topological polar surface area (TPSA) is 92.7 Å². The molecule has 0 bridgehead atoms. The average Bonchev–Trinajstić information content (AvgIpc) is 2.65. The van der Waals surface area contributed by atoms with Gasteiger partial charge in [0, 0.05) is 5.02 Å². The lowest BCUT2D eigenvalue weighted by molar-refractivity contribution is 0.0696. The normalized spacial score (nSPS) is 11.0. The molecule has 27 heavy (non-hydrogen) atoms. The molecule has 0 radical (unpaired) electrons. The van der Waals surface area contributed by atoms with Crippen LogP contribution in [0.1, 0.15) is 10.4 Å². The predicted molar refractivity (Wildman–Crippen MR) is 102 cm³/mol. The monoisotopic (exact) mass is 403 g/mol. The third-order valence-corrected chi connectivity index (χ3v) is 5.15. The Hall–Kier alpha value is -3.03. The van der Waals surface area contributed by atoms with Crippen LogP contribution in [0.4, 0.5) is 5.69 Å². The van der Waals surface area contributed by atoms with Crippen molar-refractivity contribution in [2.45, 2.75) is 4.90 Å². The van der Waals surface area contributed by atoms with Crippen molar-refractivity contribution in [3.63, 3.8) is 0 Å². The number of benzene rings is 3. The van der Waals surface area contributed by atoms with Gasteiger partial charge in [-0.1, -0.05) is 35.9 Å². The van der Waals surface area contributed by atoms with Gasteiger partial charge in [-0.05, 0) is 48.5 Å². The molecule has 6 nitrogen and oxygen atoms in total. The van der Waals surface area contributed by atoms with Gasteiger partial charge in [-0.2, -0.15) is 0 Å². The lowest BCUT2D eigenvalue weighted by Gasteiger charge is -2.14. The van der Waals surface area contributed by atoms with E-state index in [-0.39, 0.29) is 21.9 Å². The number of hydrogen-bond donors (Lipinski definition) is 2. The zero-order valence-corrected chi connectivity index (χ0v) is 15.4. The fourth-order valence-electron chi connectivity index (χ4n) is 2.29. The molecular formula is C19H14ClNO5S. The molecule has 138 valence electrons. The van der Waals surface area contributed by atoms with E-state index in [0.717, 1.165) is 6.07 Å². The number of halogens is 1. The zero-order valence-electron chi connectivity index (χ0n) is 13.8. The Morgan fingerprint density at radius 1 is 0.963 bits per heavy atom. The smallest absolute Gasteiger partial charge is 0.335 e. The fraction of sp³-hybridized carbons (Fsp3) is 0. The Balaban J connectivity index is 1.95. The minimum Gasteiger partial charge on any atom is -0.478 e. The average molecular weight is 404 g/mol. The highest BCUT2D eigenvalue weighted by Gasteiger charge is 2.19. The van der Waals surface area contributed by atoms with E-state index < -0.39 is 16.0 Å². The summed E-state index contributed by atoms with van der Waals surface area (Å²) < 4.78 is 33.5. The summed E-state index contributed by atoms with van der Waals surface area (Å²) in [5, 5.41) is 9.37. The first-order valence-corrected chi connectivity index (χ1v) is 9.60. The number of hydrogen-bond acceptors (Lipinski definition) is 4. The maximum absolute atomic E-state index is 12.7. The summed E-state index contributed by atoms with van der Waals surface area (Å²) in [7, 11) is -4.05.